The van der Waals surface area contributed by atoms with Crippen LogP contribution in [0.3, 0.4) is 0 Å². The zero-order valence-corrected chi connectivity index (χ0v) is 15.0. The number of likely N-dealkylation sites (tertiary alicyclic amines) is 1. The van der Waals surface area contributed by atoms with Crippen LogP contribution in [-0.2, 0) is 18.4 Å². The number of anilines is 1. The molecule has 1 atom stereocenters. The van der Waals surface area contributed by atoms with Gasteiger partial charge in [0.1, 0.15) is 0 Å². The Balaban J connectivity index is 1.52. The lowest BCUT2D eigenvalue weighted by atomic mass is 9.93. The van der Waals surface area contributed by atoms with Crippen molar-refractivity contribution < 1.29 is 4.79 Å². The first kappa shape index (κ1) is 15.8. The zero-order chi connectivity index (χ0) is 16.7. The molecule has 2 aromatic rings. The van der Waals surface area contributed by atoms with Gasteiger partial charge in [0.25, 0.3) is 0 Å². The van der Waals surface area contributed by atoms with Crippen LogP contribution in [0.1, 0.15) is 12.0 Å². The maximum atomic E-state index is 12.5. The van der Waals surface area contributed by atoms with Crippen LogP contribution < -0.4 is 4.90 Å². The average molecular weight is 345 g/mol. The van der Waals surface area contributed by atoms with Gasteiger partial charge in [-0.15, -0.1) is 0 Å². The Labute approximate surface area is 146 Å². The number of likely N-dealkylation sites (N-methyl/N-ethyl adjacent to an activating group) is 1. The smallest absolute Gasteiger partial charge is 0.241 e. The molecule has 0 aromatic carbocycles. The van der Waals surface area contributed by atoms with Crippen molar-refractivity contribution in [3.63, 3.8) is 0 Å². The number of carbonyl (C=O) groups excluding carboxylic acids is 1. The van der Waals surface area contributed by atoms with Gasteiger partial charge < -0.3 is 4.90 Å². The first-order valence-electron chi connectivity index (χ1n) is 8.29. The van der Waals surface area contributed by atoms with E-state index in [1.165, 1.54) is 5.56 Å². The van der Waals surface area contributed by atoms with Crippen molar-refractivity contribution in [1.82, 2.24) is 19.6 Å². The fourth-order valence-electron chi connectivity index (χ4n) is 3.90. The second-order valence-corrected chi connectivity index (χ2v) is 7.80. The van der Waals surface area contributed by atoms with Crippen LogP contribution >= 0.6 is 11.3 Å². The molecule has 0 saturated carbocycles. The summed E-state index contributed by atoms with van der Waals surface area (Å²) in [5.74, 6) is 0.160. The molecule has 0 radical (unpaired) electrons. The van der Waals surface area contributed by atoms with Gasteiger partial charge in [0.2, 0.25) is 5.91 Å². The van der Waals surface area contributed by atoms with E-state index in [4.69, 9.17) is 0 Å². The molecule has 1 amide bonds. The summed E-state index contributed by atoms with van der Waals surface area (Å²) in [6, 6.07) is 2.20. The Morgan fingerprint density at radius 1 is 1.33 bits per heavy atom. The summed E-state index contributed by atoms with van der Waals surface area (Å²) < 4.78 is 1.76. The Morgan fingerprint density at radius 3 is 2.92 bits per heavy atom. The molecule has 4 heterocycles. The minimum Gasteiger partial charge on any atom is -0.306 e. The molecule has 0 bridgehead atoms. The molecule has 1 spiro atoms. The van der Waals surface area contributed by atoms with E-state index in [2.05, 4.69) is 38.8 Å². The van der Waals surface area contributed by atoms with Gasteiger partial charge in [-0.05, 0) is 35.9 Å². The number of hydrogen-bond donors (Lipinski definition) is 0. The molecule has 4 rings (SSSR count). The van der Waals surface area contributed by atoms with Crippen LogP contribution in [0, 0.1) is 0 Å². The molecule has 24 heavy (non-hydrogen) atoms. The van der Waals surface area contributed by atoms with E-state index in [-0.39, 0.29) is 11.4 Å². The summed E-state index contributed by atoms with van der Waals surface area (Å²) >= 11 is 1.75. The normalized spacial score (nSPS) is 25.9. The van der Waals surface area contributed by atoms with E-state index < -0.39 is 0 Å². The molecule has 2 aromatic heterocycles. The quantitative estimate of drug-likeness (QED) is 0.844. The van der Waals surface area contributed by atoms with E-state index >= 15 is 0 Å². The van der Waals surface area contributed by atoms with Gasteiger partial charge in [-0.2, -0.15) is 16.4 Å². The SMILES string of the molecule is CN1CC(=O)N(c2cnn(C)c2)C[C@@]12CCN(Cc1ccsc1)C2. The third-order valence-corrected chi connectivity index (χ3v) is 6.07. The number of rotatable bonds is 3. The predicted octanol–water partition coefficient (Wildman–Crippen LogP) is 1.40. The Bertz CT molecular complexity index is 727. The van der Waals surface area contributed by atoms with Crippen molar-refractivity contribution in [2.75, 3.05) is 38.1 Å². The number of carbonyl (C=O) groups is 1. The highest BCUT2D eigenvalue weighted by atomic mass is 32.1. The lowest BCUT2D eigenvalue weighted by molar-refractivity contribution is -0.123. The van der Waals surface area contributed by atoms with Crippen LogP contribution in [0.2, 0.25) is 0 Å². The summed E-state index contributed by atoms with van der Waals surface area (Å²) in [6.45, 7) is 4.30. The molecule has 0 N–H and O–H groups in total. The highest BCUT2D eigenvalue weighted by Crippen LogP contribution is 2.34. The van der Waals surface area contributed by atoms with Crippen molar-refractivity contribution in [3.05, 3.63) is 34.8 Å². The molecule has 7 heteroatoms. The molecule has 2 aliphatic heterocycles. The van der Waals surface area contributed by atoms with Gasteiger partial charge in [-0.1, -0.05) is 0 Å². The second-order valence-electron chi connectivity index (χ2n) is 7.02. The van der Waals surface area contributed by atoms with Gasteiger partial charge in [0, 0.05) is 39.4 Å². The molecule has 2 fully saturated rings. The Kier molecular flexibility index (Phi) is 3.94. The third kappa shape index (κ3) is 2.76. The number of thiophene rings is 1. The van der Waals surface area contributed by atoms with Crippen molar-refractivity contribution in [3.8, 4) is 0 Å². The summed E-state index contributed by atoms with van der Waals surface area (Å²) in [4.78, 5) is 19.2. The largest absolute Gasteiger partial charge is 0.306 e. The molecule has 2 aliphatic rings. The van der Waals surface area contributed by atoms with Gasteiger partial charge >= 0.3 is 0 Å². The number of aromatic nitrogens is 2. The third-order valence-electron chi connectivity index (χ3n) is 5.34. The van der Waals surface area contributed by atoms with Crippen molar-refractivity contribution >= 4 is 22.9 Å². The molecular formula is C17H23N5OS. The number of hydrogen-bond acceptors (Lipinski definition) is 5. The summed E-state index contributed by atoms with van der Waals surface area (Å²) in [5.41, 5.74) is 2.33. The van der Waals surface area contributed by atoms with Crippen LogP contribution in [0.5, 0.6) is 0 Å². The Morgan fingerprint density at radius 2 is 2.21 bits per heavy atom. The standard InChI is InChI=1S/C17H23N5OS/c1-19-10-16(23)22(15-7-18-20(2)9-15)13-17(19)4-5-21(12-17)8-14-3-6-24-11-14/h3,6-7,9,11H,4-5,8,10,12-13H2,1-2H3/t17-/m0/s1. The van der Waals surface area contributed by atoms with Crippen LogP contribution in [0.25, 0.3) is 0 Å². The van der Waals surface area contributed by atoms with Gasteiger partial charge in [-0.25, -0.2) is 0 Å². The minimum atomic E-state index is 0.0414. The second kappa shape index (κ2) is 5.98. The highest BCUT2D eigenvalue weighted by Gasteiger charge is 2.47. The summed E-state index contributed by atoms with van der Waals surface area (Å²) in [6.07, 6.45) is 4.81. The van der Waals surface area contributed by atoms with Crippen molar-refractivity contribution in [1.29, 1.82) is 0 Å². The lowest BCUT2D eigenvalue weighted by Crippen LogP contribution is -2.64. The van der Waals surface area contributed by atoms with Crippen LogP contribution in [-0.4, -0.2) is 64.3 Å². The molecule has 0 aliphatic carbocycles. The maximum absolute atomic E-state index is 12.5. The van der Waals surface area contributed by atoms with Gasteiger partial charge in [0.15, 0.2) is 0 Å². The molecule has 2 saturated heterocycles. The molecule has 128 valence electrons. The van der Waals surface area contributed by atoms with Crippen molar-refractivity contribution in [2.24, 2.45) is 7.05 Å². The molecule has 6 nitrogen and oxygen atoms in total. The average Bonchev–Trinajstić information content (AvgIpc) is 3.26. The number of piperazine rings is 1. The van der Waals surface area contributed by atoms with Crippen LogP contribution in [0.4, 0.5) is 5.69 Å². The fraction of sp³-hybridized carbons (Fsp3) is 0.529. The fourth-order valence-corrected chi connectivity index (χ4v) is 4.56. The summed E-state index contributed by atoms with van der Waals surface area (Å²) in [5, 5.41) is 8.58. The van der Waals surface area contributed by atoms with Crippen LogP contribution in [0.15, 0.2) is 29.2 Å². The maximum Gasteiger partial charge on any atom is 0.241 e. The van der Waals surface area contributed by atoms with E-state index in [1.807, 2.05) is 18.1 Å². The highest BCUT2D eigenvalue weighted by molar-refractivity contribution is 7.07. The molecular weight excluding hydrogens is 322 g/mol. The zero-order valence-electron chi connectivity index (χ0n) is 14.2. The monoisotopic (exact) mass is 345 g/mol. The van der Waals surface area contributed by atoms with Gasteiger partial charge in [-0.3, -0.25) is 19.3 Å². The van der Waals surface area contributed by atoms with Gasteiger partial charge in [0.05, 0.1) is 24.0 Å². The van der Waals surface area contributed by atoms with E-state index in [1.54, 1.807) is 22.2 Å². The number of nitrogens with zero attached hydrogens (tertiary/aromatic N) is 5. The first-order chi connectivity index (χ1) is 11.6. The number of amides is 1. The number of aryl methyl sites for hydroxylation is 1. The minimum absolute atomic E-state index is 0.0414. The predicted molar refractivity (Wildman–Crippen MR) is 95.1 cm³/mol. The topological polar surface area (TPSA) is 44.6 Å². The Hall–Kier alpha value is -1.70. The summed E-state index contributed by atoms with van der Waals surface area (Å²) in [7, 11) is 3.98. The first-order valence-corrected chi connectivity index (χ1v) is 9.24. The van der Waals surface area contributed by atoms with E-state index in [0.717, 1.165) is 38.3 Å². The van der Waals surface area contributed by atoms with E-state index in [0.29, 0.717) is 6.54 Å². The van der Waals surface area contributed by atoms with E-state index in [9.17, 15) is 4.79 Å². The lowest BCUT2D eigenvalue weighted by Gasteiger charge is -2.46. The molecule has 0 unspecified atom stereocenters. The van der Waals surface area contributed by atoms with Crippen molar-refractivity contribution in [2.45, 2.75) is 18.5 Å².